The van der Waals surface area contributed by atoms with Gasteiger partial charge in [0.1, 0.15) is 6.33 Å². The summed E-state index contributed by atoms with van der Waals surface area (Å²) in [5.41, 5.74) is 1.40. The monoisotopic (exact) mass is 219 g/mol. The van der Waals surface area contributed by atoms with Crippen molar-refractivity contribution in [1.82, 2.24) is 9.97 Å². The van der Waals surface area contributed by atoms with Crippen LogP contribution in [0.4, 0.5) is 10.1 Å². The van der Waals surface area contributed by atoms with E-state index < -0.39 is 5.82 Å². The van der Waals surface area contributed by atoms with Gasteiger partial charge < -0.3 is 10.4 Å². The Morgan fingerprint density at radius 1 is 1.31 bits per heavy atom. The first kappa shape index (κ1) is 10.4. The van der Waals surface area contributed by atoms with Crippen molar-refractivity contribution >= 4 is 5.69 Å². The molecule has 0 atom stereocenters. The van der Waals surface area contributed by atoms with Gasteiger partial charge in [-0.3, -0.25) is 0 Å². The number of nitrogens with one attached hydrogen (secondary N) is 1. The maximum Gasteiger partial charge on any atom is 0.166 e. The predicted octanol–water partition coefficient (Wildman–Crippen LogP) is 1.93. The fourth-order valence-corrected chi connectivity index (χ4v) is 1.23. The summed E-state index contributed by atoms with van der Waals surface area (Å²) in [5.74, 6) is -1.000. The molecule has 2 rings (SSSR count). The fourth-order valence-electron chi connectivity index (χ4n) is 1.23. The van der Waals surface area contributed by atoms with Crippen molar-refractivity contribution in [2.45, 2.75) is 6.54 Å². The normalized spacial score (nSPS) is 10.1. The van der Waals surface area contributed by atoms with Crippen LogP contribution in [0.1, 0.15) is 5.69 Å². The molecule has 0 fully saturated rings. The first-order chi connectivity index (χ1) is 7.75. The molecule has 0 aliphatic rings. The zero-order valence-corrected chi connectivity index (χ0v) is 8.39. The highest BCUT2D eigenvalue weighted by Gasteiger charge is 2.01. The van der Waals surface area contributed by atoms with Gasteiger partial charge in [-0.15, -0.1) is 0 Å². The number of halogens is 1. The van der Waals surface area contributed by atoms with E-state index in [1.54, 1.807) is 18.3 Å². The van der Waals surface area contributed by atoms with Crippen LogP contribution in [0.3, 0.4) is 0 Å². The van der Waals surface area contributed by atoms with E-state index >= 15 is 0 Å². The van der Waals surface area contributed by atoms with Crippen molar-refractivity contribution in [3.05, 3.63) is 48.3 Å². The molecule has 5 heteroatoms. The molecule has 0 aliphatic carbocycles. The fraction of sp³-hybridized carbons (Fsp3) is 0.0909. The van der Waals surface area contributed by atoms with Gasteiger partial charge in [-0.1, -0.05) is 0 Å². The van der Waals surface area contributed by atoms with E-state index in [-0.39, 0.29) is 5.75 Å². The molecule has 1 heterocycles. The van der Waals surface area contributed by atoms with E-state index in [1.807, 2.05) is 0 Å². The quantitative estimate of drug-likeness (QED) is 0.774. The molecule has 0 saturated heterocycles. The van der Waals surface area contributed by atoms with E-state index in [0.717, 1.165) is 5.69 Å². The Hall–Kier alpha value is -2.17. The minimum Gasteiger partial charge on any atom is -0.505 e. The third-order valence-corrected chi connectivity index (χ3v) is 2.06. The lowest BCUT2D eigenvalue weighted by Crippen LogP contribution is -2.01. The van der Waals surface area contributed by atoms with Gasteiger partial charge >= 0.3 is 0 Å². The van der Waals surface area contributed by atoms with Crippen molar-refractivity contribution < 1.29 is 9.50 Å². The van der Waals surface area contributed by atoms with Crippen LogP contribution >= 0.6 is 0 Å². The molecule has 4 nitrogen and oxygen atoms in total. The van der Waals surface area contributed by atoms with Crippen LogP contribution in [0.15, 0.2) is 36.8 Å². The van der Waals surface area contributed by atoms with Crippen molar-refractivity contribution in [1.29, 1.82) is 0 Å². The highest BCUT2D eigenvalue weighted by Crippen LogP contribution is 2.19. The Balaban J connectivity index is 2.03. The van der Waals surface area contributed by atoms with Gasteiger partial charge in [0.2, 0.25) is 0 Å². The minimum absolute atomic E-state index is 0.354. The molecule has 0 radical (unpaired) electrons. The third kappa shape index (κ3) is 2.44. The Morgan fingerprint density at radius 3 is 2.88 bits per heavy atom. The van der Waals surface area contributed by atoms with Gasteiger partial charge in [0.15, 0.2) is 11.6 Å². The van der Waals surface area contributed by atoms with Crippen molar-refractivity contribution in [3.63, 3.8) is 0 Å². The van der Waals surface area contributed by atoms with Crippen LogP contribution < -0.4 is 5.32 Å². The number of benzene rings is 1. The molecule has 82 valence electrons. The van der Waals surface area contributed by atoms with Crippen LogP contribution in [0, 0.1) is 5.82 Å². The van der Waals surface area contributed by atoms with Gasteiger partial charge in [0.25, 0.3) is 0 Å². The molecule has 0 bridgehead atoms. The number of hydrogen-bond acceptors (Lipinski definition) is 4. The summed E-state index contributed by atoms with van der Waals surface area (Å²) in [6, 6.07) is 5.90. The van der Waals surface area contributed by atoms with E-state index in [9.17, 15) is 4.39 Å². The average Bonchev–Trinajstić information content (AvgIpc) is 2.32. The van der Waals surface area contributed by atoms with E-state index in [1.165, 1.54) is 18.5 Å². The van der Waals surface area contributed by atoms with Gasteiger partial charge in [0.05, 0.1) is 12.2 Å². The minimum atomic E-state index is -0.646. The topological polar surface area (TPSA) is 58.0 Å². The smallest absolute Gasteiger partial charge is 0.166 e. The van der Waals surface area contributed by atoms with Crippen LogP contribution in [-0.4, -0.2) is 15.1 Å². The largest absolute Gasteiger partial charge is 0.505 e. The van der Waals surface area contributed by atoms with Gasteiger partial charge in [-0.2, -0.15) is 0 Å². The summed E-state index contributed by atoms with van der Waals surface area (Å²) >= 11 is 0. The number of phenols is 1. The number of aromatic nitrogens is 2. The van der Waals surface area contributed by atoms with Crippen molar-refractivity contribution in [2.75, 3.05) is 5.32 Å². The van der Waals surface area contributed by atoms with Crippen LogP contribution in [0.5, 0.6) is 5.75 Å². The number of hydrogen-bond donors (Lipinski definition) is 2. The molecule has 2 aromatic rings. The Labute approximate surface area is 91.8 Å². The Bertz CT molecular complexity index is 476. The average molecular weight is 219 g/mol. The second kappa shape index (κ2) is 4.57. The lowest BCUT2D eigenvalue weighted by Gasteiger charge is -2.06. The van der Waals surface area contributed by atoms with E-state index in [2.05, 4.69) is 15.3 Å². The van der Waals surface area contributed by atoms with Crippen molar-refractivity contribution in [3.8, 4) is 5.75 Å². The summed E-state index contributed by atoms with van der Waals surface area (Å²) in [6.07, 6.45) is 3.09. The van der Waals surface area contributed by atoms with Crippen LogP contribution in [-0.2, 0) is 6.54 Å². The highest BCUT2D eigenvalue weighted by atomic mass is 19.1. The molecule has 1 aromatic heterocycles. The first-order valence-corrected chi connectivity index (χ1v) is 4.73. The van der Waals surface area contributed by atoms with E-state index in [4.69, 9.17) is 5.11 Å². The summed E-state index contributed by atoms with van der Waals surface area (Å²) in [7, 11) is 0. The number of nitrogens with zero attached hydrogens (tertiary/aromatic N) is 2. The van der Waals surface area contributed by atoms with Gasteiger partial charge in [-0.25, -0.2) is 14.4 Å². The lowest BCUT2D eigenvalue weighted by atomic mass is 10.3. The van der Waals surface area contributed by atoms with Crippen LogP contribution in [0.25, 0.3) is 0 Å². The summed E-state index contributed by atoms with van der Waals surface area (Å²) in [5, 5.41) is 12.0. The number of anilines is 1. The molecule has 0 unspecified atom stereocenters. The third-order valence-electron chi connectivity index (χ3n) is 2.06. The maximum atomic E-state index is 13.0. The maximum absolute atomic E-state index is 13.0. The molecule has 2 N–H and O–H groups in total. The summed E-state index contributed by atoms with van der Waals surface area (Å²) in [4.78, 5) is 7.81. The standard InChI is InChI=1S/C11H10FN3O/c12-10-5-8(1-2-11(10)16)14-6-9-3-4-13-7-15-9/h1-5,7,14,16H,6H2. The molecule has 0 spiro atoms. The Morgan fingerprint density at radius 2 is 2.19 bits per heavy atom. The van der Waals surface area contributed by atoms with Gasteiger partial charge in [0, 0.05) is 18.0 Å². The summed E-state index contributed by atoms with van der Waals surface area (Å²) in [6.45, 7) is 0.479. The highest BCUT2D eigenvalue weighted by molar-refractivity contribution is 5.46. The molecule has 0 saturated carbocycles. The molecule has 0 aliphatic heterocycles. The zero-order chi connectivity index (χ0) is 11.4. The number of rotatable bonds is 3. The molecular weight excluding hydrogens is 209 g/mol. The predicted molar refractivity (Wildman–Crippen MR) is 57.4 cm³/mol. The summed E-state index contributed by atoms with van der Waals surface area (Å²) < 4.78 is 13.0. The number of aromatic hydroxyl groups is 1. The van der Waals surface area contributed by atoms with E-state index in [0.29, 0.717) is 12.2 Å². The molecule has 1 aromatic carbocycles. The van der Waals surface area contributed by atoms with Crippen molar-refractivity contribution in [2.24, 2.45) is 0 Å². The number of phenolic OH excluding ortho intramolecular Hbond substituents is 1. The second-order valence-corrected chi connectivity index (χ2v) is 3.22. The first-order valence-electron chi connectivity index (χ1n) is 4.73. The lowest BCUT2D eigenvalue weighted by molar-refractivity contribution is 0.432. The molecule has 0 amide bonds. The molecular formula is C11H10FN3O. The second-order valence-electron chi connectivity index (χ2n) is 3.22. The molecule has 16 heavy (non-hydrogen) atoms. The SMILES string of the molecule is Oc1ccc(NCc2ccncn2)cc1F. The Kier molecular flexibility index (Phi) is 2.95. The van der Waals surface area contributed by atoms with Crippen LogP contribution in [0.2, 0.25) is 0 Å². The zero-order valence-electron chi connectivity index (χ0n) is 8.39. The van der Waals surface area contributed by atoms with Gasteiger partial charge in [-0.05, 0) is 18.2 Å².